The minimum atomic E-state index is -3.09. The molecule has 1 rings (SSSR count). The van der Waals surface area contributed by atoms with Crippen molar-refractivity contribution >= 4 is 16.1 Å². The van der Waals surface area contributed by atoms with E-state index >= 15 is 0 Å². The fourth-order valence-corrected chi connectivity index (χ4v) is 3.08. The van der Waals surface area contributed by atoms with Crippen LogP contribution in [0.25, 0.3) is 0 Å². The van der Waals surface area contributed by atoms with Gasteiger partial charge in [-0.25, -0.2) is 17.5 Å². The summed E-state index contributed by atoms with van der Waals surface area (Å²) in [6, 6.07) is -0.0144. The molecule has 0 aromatic heterocycles. The lowest BCUT2D eigenvalue weighted by atomic mass is 10.1. The average molecular weight is 277 g/mol. The lowest BCUT2D eigenvalue weighted by Gasteiger charge is -2.31. The zero-order valence-corrected chi connectivity index (χ0v) is 12.1. The molecule has 1 saturated heterocycles. The van der Waals surface area contributed by atoms with Gasteiger partial charge in [0, 0.05) is 25.2 Å². The number of nitrogens with zero attached hydrogens (tertiary/aromatic N) is 1. The summed E-state index contributed by atoms with van der Waals surface area (Å²) in [7, 11) is -3.09. The Morgan fingerprint density at radius 3 is 2.33 bits per heavy atom. The van der Waals surface area contributed by atoms with Crippen LogP contribution in [0.4, 0.5) is 4.79 Å². The molecule has 1 heterocycles. The van der Waals surface area contributed by atoms with Crippen LogP contribution in [0.1, 0.15) is 33.6 Å². The van der Waals surface area contributed by atoms with E-state index in [1.807, 2.05) is 13.8 Å². The van der Waals surface area contributed by atoms with Gasteiger partial charge in [0.1, 0.15) is 0 Å². The minimum absolute atomic E-state index is 0.0621. The quantitative estimate of drug-likeness (QED) is 0.786. The smallest absolute Gasteiger partial charge is 0.315 e. The van der Waals surface area contributed by atoms with E-state index in [1.165, 1.54) is 4.31 Å². The summed E-state index contributed by atoms with van der Waals surface area (Å²) in [6.45, 7) is 6.42. The van der Waals surface area contributed by atoms with Crippen LogP contribution in [0.2, 0.25) is 0 Å². The van der Waals surface area contributed by atoms with Gasteiger partial charge in [0.25, 0.3) is 0 Å². The number of carbonyl (C=O) groups is 1. The van der Waals surface area contributed by atoms with Crippen LogP contribution in [0.15, 0.2) is 0 Å². The van der Waals surface area contributed by atoms with Crippen molar-refractivity contribution in [2.75, 3.05) is 18.8 Å². The Morgan fingerprint density at radius 2 is 1.89 bits per heavy atom. The van der Waals surface area contributed by atoms with E-state index in [2.05, 4.69) is 10.6 Å². The topological polar surface area (TPSA) is 78.5 Å². The first-order valence-corrected chi connectivity index (χ1v) is 8.01. The number of hydrogen-bond donors (Lipinski definition) is 2. The summed E-state index contributed by atoms with van der Waals surface area (Å²) in [5.41, 5.74) is 0. The van der Waals surface area contributed by atoms with Crippen LogP contribution in [-0.2, 0) is 10.0 Å². The van der Waals surface area contributed by atoms with Crippen molar-refractivity contribution in [3.8, 4) is 0 Å². The SMILES string of the molecule is CCS(=O)(=O)N1CCC(NC(=O)NC(C)C)CC1. The lowest BCUT2D eigenvalue weighted by molar-refractivity contribution is 0.225. The molecule has 0 saturated carbocycles. The highest BCUT2D eigenvalue weighted by atomic mass is 32.2. The summed E-state index contributed by atoms with van der Waals surface area (Å²) in [6.07, 6.45) is 1.34. The zero-order chi connectivity index (χ0) is 13.8. The van der Waals surface area contributed by atoms with Gasteiger partial charge in [0.15, 0.2) is 0 Å². The van der Waals surface area contributed by atoms with Crippen molar-refractivity contribution in [1.29, 1.82) is 0 Å². The highest BCUT2D eigenvalue weighted by molar-refractivity contribution is 7.89. The predicted octanol–water partition coefficient (Wildman–Crippen LogP) is 0.508. The number of sulfonamides is 1. The summed E-state index contributed by atoms with van der Waals surface area (Å²) in [5.74, 6) is 0.138. The summed E-state index contributed by atoms with van der Waals surface area (Å²) in [4.78, 5) is 11.5. The van der Waals surface area contributed by atoms with Crippen molar-refractivity contribution in [1.82, 2.24) is 14.9 Å². The Hall–Kier alpha value is -0.820. The van der Waals surface area contributed by atoms with E-state index in [0.29, 0.717) is 25.9 Å². The van der Waals surface area contributed by atoms with Crippen LogP contribution >= 0.6 is 0 Å². The molecular formula is C11H23N3O3S. The van der Waals surface area contributed by atoms with E-state index in [1.54, 1.807) is 6.92 Å². The summed E-state index contributed by atoms with van der Waals surface area (Å²) >= 11 is 0. The molecule has 1 aliphatic rings. The number of carbonyl (C=O) groups excluding carboxylic acids is 1. The zero-order valence-electron chi connectivity index (χ0n) is 11.3. The highest BCUT2D eigenvalue weighted by Gasteiger charge is 2.27. The Bertz CT molecular complexity index is 373. The van der Waals surface area contributed by atoms with E-state index in [4.69, 9.17) is 0 Å². The third-order valence-corrected chi connectivity index (χ3v) is 4.85. The molecule has 0 bridgehead atoms. The van der Waals surface area contributed by atoms with Gasteiger partial charge in [0.05, 0.1) is 5.75 Å². The van der Waals surface area contributed by atoms with E-state index in [-0.39, 0.29) is 23.9 Å². The molecule has 0 radical (unpaired) electrons. The third kappa shape index (κ3) is 4.45. The van der Waals surface area contributed by atoms with Gasteiger partial charge in [0.2, 0.25) is 10.0 Å². The fraction of sp³-hybridized carbons (Fsp3) is 0.909. The van der Waals surface area contributed by atoms with E-state index < -0.39 is 10.0 Å². The Morgan fingerprint density at radius 1 is 1.33 bits per heavy atom. The first-order chi connectivity index (χ1) is 8.35. The molecule has 106 valence electrons. The Balaban J connectivity index is 2.38. The van der Waals surface area contributed by atoms with Crippen LogP contribution in [0.3, 0.4) is 0 Å². The maximum atomic E-state index is 11.7. The molecule has 2 N–H and O–H groups in total. The van der Waals surface area contributed by atoms with Gasteiger partial charge >= 0.3 is 6.03 Å². The number of piperidine rings is 1. The van der Waals surface area contributed by atoms with Crippen LogP contribution in [0, 0.1) is 0 Å². The molecule has 0 aromatic carbocycles. The van der Waals surface area contributed by atoms with Gasteiger partial charge < -0.3 is 10.6 Å². The molecular weight excluding hydrogens is 254 g/mol. The molecule has 0 unspecified atom stereocenters. The summed E-state index contributed by atoms with van der Waals surface area (Å²) < 4.78 is 24.8. The second-order valence-electron chi connectivity index (χ2n) is 4.85. The van der Waals surface area contributed by atoms with Gasteiger partial charge in [-0.1, -0.05) is 0 Å². The number of rotatable bonds is 4. The standard InChI is InChI=1S/C11H23N3O3S/c1-4-18(16,17)14-7-5-10(6-8-14)13-11(15)12-9(2)3/h9-10H,4-8H2,1-3H3,(H2,12,13,15). The first kappa shape index (κ1) is 15.2. The number of nitrogens with one attached hydrogen (secondary N) is 2. The molecule has 1 aliphatic heterocycles. The number of hydrogen-bond acceptors (Lipinski definition) is 3. The Kier molecular flexibility index (Phi) is 5.40. The monoisotopic (exact) mass is 277 g/mol. The lowest BCUT2D eigenvalue weighted by Crippen LogP contribution is -2.50. The van der Waals surface area contributed by atoms with Crippen molar-refractivity contribution in [2.45, 2.75) is 45.7 Å². The maximum Gasteiger partial charge on any atom is 0.315 e. The molecule has 0 spiro atoms. The molecule has 1 fully saturated rings. The van der Waals surface area contributed by atoms with Crippen molar-refractivity contribution in [3.05, 3.63) is 0 Å². The normalized spacial score (nSPS) is 18.9. The van der Waals surface area contributed by atoms with Crippen LogP contribution < -0.4 is 10.6 Å². The molecule has 2 amide bonds. The van der Waals surface area contributed by atoms with Gasteiger partial charge in [-0.2, -0.15) is 0 Å². The second kappa shape index (κ2) is 6.38. The third-order valence-electron chi connectivity index (χ3n) is 2.97. The van der Waals surface area contributed by atoms with Gasteiger partial charge in [-0.15, -0.1) is 0 Å². The van der Waals surface area contributed by atoms with Crippen molar-refractivity contribution < 1.29 is 13.2 Å². The molecule has 0 aliphatic carbocycles. The van der Waals surface area contributed by atoms with Gasteiger partial charge in [-0.3, -0.25) is 0 Å². The van der Waals surface area contributed by atoms with Crippen LogP contribution in [-0.4, -0.2) is 49.7 Å². The Labute approximate surface area is 109 Å². The van der Waals surface area contributed by atoms with Crippen LogP contribution in [0.5, 0.6) is 0 Å². The van der Waals surface area contributed by atoms with Gasteiger partial charge in [-0.05, 0) is 33.6 Å². The summed E-state index contributed by atoms with van der Waals surface area (Å²) in [5, 5.41) is 5.63. The highest BCUT2D eigenvalue weighted by Crippen LogP contribution is 2.14. The molecule has 0 aromatic rings. The molecule has 0 atom stereocenters. The van der Waals surface area contributed by atoms with Crippen molar-refractivity contribution in [3.63, 3.8) is 0 Å². The number of urea groups is 1. The first-order valence-electron chi connectivity index (χ1n) is 6.40. The van der Waals surface area contributed by atoms with E-state index in [0.717, 1.165) is 0 Å². The average Bonchev–Trinajstić information content (AvgIpc) is 2.28. The molecule has 7 heteroatoms. The second-order valence-corrected chi connectivity index (χ2v) is 7.10. The maximum absolute atomic E-state index is 11.7. The van der Waals surface area contributed by atoms with Crippen molar-refractivity contribution in [2.24, 2.45) is 0 Å². The van der Waals surface area contributed by atoms with E-state index in [9.17, 15) is 13.2 Å². The molecule has 6 nitrogen and oxygen atoms in total. The number of amides is 2. The minimum Gasteiger partial charge on any atom is -0.336 e. The predicted molar refractivity (Wildman–Crippen MR) is 70.9 cm³/mol. The largest absolute Gasteiger partial charge is 0.336 e. The fourth-order valence-electron chi connectivity index (χ4n) is 1.95. The molecule has 18 heavy (non-hydrogen) atoms.